The van der Waals surface area contributed by atoms with E-state index in [1.54, 1.807) is 0 Å². The molecule has 0 heterocycles. The van der Waals surface area contributed by atoms with Gasteiger partial charge in [0.05, 0.1) is 33.0 Å². The topological polar surface area (TPSA) is 46.2 Å². The standard InChI is InChI=1S/C26H46O5/c1-6-11-16-27-22-21-23(28-17-12-7-2)25(30-19-14-9-4)26(31-20-15-10-5)24(22)29-18-13-8-3/h21H,6-20H2,1-5H3. The summed E-state index contributed by atoms with van der Waals surface area (Å²) in [6, 6.07) is 1.93. The van der Waals surface area contributed by atoms with Gasteiger partial charge in [-0.1, -0.05) is 66.7 Å². The van der Waals surface area contributed by atoms with E-state index in [1.807, 2.05) is 6.07 Å². The second kappa shape index (κ2) is 17.9. The lowest BCUT2D eigenvalue weighted by atomic mass is 10.2. The number of hydrogen-bond donors (Lipinski definition) is 0. The third-order valence-corrected chi connectivity index (χ3v) is 4.87. The van der Waals surface area contributed by atoms with E-state index in [4.69, 9.17) is 23.7 Å². The summed E-state index contributed by atoms with van der Waals surface area (Å²) in [7, 11) is 0. The van der Waals surface area contributed by atoms with Crippen LogP contribution in [0.3, 0.4) is 0 Å². The van der Waals surface area contributed by atoms with Crippen LogP contribution in [-0.4, -0.2) is 33.0 Å². The van der Waals surface area contributed by atoms with Gasteiger partial charge in [0.15, 0.2) is 11.5 Å². The average molecular weight is 439 g/mol. The molecule has 0 aliphatic carbocycles. The molecular weight excluding hydrogens is 392 g/mol. The highest BCUT2D eigenvalue weighted by atomic mass is 16.6. The van der Waals surface area contributed by atoms with Crippen LogP contribution in [0, 0.1) is 0 Å². The zero-order valence-electron chi connectivity index (χ0n) is 20.7. The Labute approximate surface area is 190 Å². The van der Waals surface area contributed by atoms with Crippen LogP contribution in [-0.2, 0) is 0 Å². The van der Waals surface area contributed by atoms with Gasteiger partial charge in [-0.3, -0.25) is 0 Å². The molecule has 5 heteroatoms. The molecule has 0 fully saturated rings. The molecule has 5 nitrogen and oxygen atoms in total. The molecule has 0 aliphatic heterocycles. The molecule has 180 valence electrons. The zero-order chi connectivity index (χ0) is 22.7. The van der Waals surface area contributed by atoms with Crippen LogP contribution in [0.15, 0.2) is 6.07 Å². The fourth-order valence-corrected chi connectivity index (χ4v) is 2.80. The number of benzene rings is 1. The van der Waals surface area contributed by atoms with Gasteiger partial charge in [-0.25, -0.2) is 0 Å². The van der Waals surface area contributed by atoms with E-state index in [2.05, 4.69) is 34.6 Å². The first-order chi connectivity index (χ1) is 15.2. The van der Waals surface area contributed by atoms with E-state index in [-0.39, 0.29) is 0 Å². The highest BCUT2D eigenvalue weighted by Crippen LogP contribution is 2.51. The molecule has 0 atom stereocenters. The Kier molecular flexibility index (Phi) is 15.7. The van der Waals surface area contributed by atoms with Crippen molar-refractivity contribution in [2.75, 3.05) is 33.0 Å². The third-order valence-electron chi connectivity index (χ3n) is 4.87. The maximum atomic E-state index is 6.25. The molecule has 0 saturated heterocycles. The molecule has 0 radical (unpaired) electrons. The SMILES string of the molecule is CCCCOc1cc(OCCCC)c(OCCCC)c(OCCCC)c1OCCCC. The fraction of sp³-hybridized carbons (Fsp3) is 0.769. The molecule has 0 aliphatic rings. The summed E-state index contributed by atoms with van der Waals surface area (Å²) in [5, 5.41) is 0. The van der Waals surface area contributed by atoms with Crippen LogP contribution in [0.1, 0.15) is 98.8 Å². The van der Waals surface area contributed by atoms with Crippen molar-refractivity contribution in [1.82, 2.24) is 0 Å². The number of ether oxygens (including phenoxy) is 5. The van der Waals surface area contributed by atoms with E-state index < -0.39 is 0 Å². The van der Waals surface area contributed by atoms with Crippen molar-refractivity contribution >= 4 is 0 Å². The highest BCUT2D eigenvalue weighted by molar-refractivity contribution is 5.65. The number of hydrogen-bond acceptors (Lipinski definition) is 5. The first kappa shape index (κ1) is 27.3. The van der Waals surface area contributed by atoms with E-state index in [0.29, 0.717) is 61.8 Å². The fourth-order valence-electron chi connectivity index (χ4n) is 2.80. The zero-order valence-corrected chi connectivity index (χ0v) is 20.7. The number of unbranched alkanes of at least 4 members (excludes halogenated alkanes) is 5. The lowest BCUT2D eigenvalue weighted by molar-refractivity contribution is 0.209. The Balaban J connectivity index is 3.37. The third kappa shape index (κ3) is 10.4. The maximum absolute atomic E-state index is 6.25. The summed E-state index contributed by atoms with van der Waals surface area (Å²) >= 11 is 0. The van der Waals surface area contributed by atoms with Crippen molar-refractivity contribution in [3.05, 3.63) is 6.07 Å². The Hall–Kier alpha value is -1.78. The van der Waals surface area contributed by atoms with Crippen molar-refractivity contribution in [2.45, 2.75) is 98.8 Å². The van der Waals surface area contributed by atoms with Gasteiger partial charge in [0, 0.05) is 6.07 Å². The highest BCUT2D eigenvalue weighted by Gasteiger charge is 2.25. The molecule has 0 spiro atoms. The summed E-state index contributed by atoms with van der Waals surface area (Å²) in [5.41, 5.74) is 0. The largest absolute Gasteiger partial charge is 0.489 e. The van der Waals surface area contributed by atoms with Crippen LogP contribution in [0.2, 0.25) is 0 Å². The van der Waals surface area contributed by atoms with E-state index in [9.17, 15) is 0 Å². The van der Waals surface area contributed by atoms with Crippen LogP contribution >= 0.6 is 0 Å². The molecule has 0 aromatic heterocycles. The molecular formula is C26H46O5. The first-order valence-electron chi connectivity index (χ1n) is 12.6. The molecule has 1 aromatic carbocycles. The lowest BCUT2D eigenvalue weighted by Crippen LogP contribution is -2.10. The van der Waals surface area contributed by atoms with Gasteiger partial charge in [-0.05, 0) is 32.1 Å². The van der Waals surface area contributed by atoms with Gasteiger partial charge in [0.25, 0.3) is 0 Å². The minimum Gasteiger partial charge on any atom is -0.489 e. The first-order valence-corrected chi connectivity index (χ1v) is 12.6. The Morgan fingerprint density at radius 1 is 0.419 bits per heavy atom. The average Bonchev–Trinajstić information content (AvgIpc) is 2.77. The van der Waals surface area contributed by atoms with Crippen LogP contribution in [0.4, 0.5) is 0 Å². The smallest absolute Gasteiger partial charge is 0.211 e. The van der Waals surface area contributed by atoms with Gasteiger partial charge in [0.2, 0.25) is 17.2 Å². The van der Waals surface area contributed by atoms with Crippen molar-refractivity contribution < 1.29 is 23.7 Å². The molecule has 0 amide bonds. The van der Waals surface area contributed by atoms with Gasteiger partial charge in [-0.15, -0.1) is 0 Å². The lowest BCUT2D eigenvalue weighted by Gasteiger charge is -2.22. The predicted octanol–water partition coefficient (Wildman–Crippen LogP) is 7.58. The Bertz CT molecular complexity index is 531. The van der Waals surface area contributed by atoms with Gasteiger partial charge < -0.3 is 23.7 Å². The summed E-state index contributed by atoms with van der Waals surface area (Å²) in [4.78, 5) is 0. The van der Waals surface area contributed by atoms with Crippen molar-refractivity contribution in [2.24, 2.45) is 0 Å². The molecule has 0 saturated carbocycles. The quantitative estimate of drug-likeness (QED) is 0.196. The molecule has 1 aromatic rings. The molecule has 0 bridgehead atoms. The van der Waals surface area contributed by atoms with Crippen LogP contribution < -0.4 is 23.7 Å². The minimum absolute atomic E-state index is 0.609. The molecule has 31 heavy (non-hydrogen) atoms. The van der Waals surface area contributed by atoms with Crippen LogP contribution in [0.25, 0.3) is 0 Å². The maximum Gasteiger partial charge on any atom is 0.211 e. The van der Waals surface area contributed by atoms with Crippen molar-refractivity contribution in [3.8, 4) is 28.7 Å². The van der Waals surface area contributed by atoms with Gasteiger partial charge in [0.1, 0.15) is 0 Å². The van der Waals surface area contributed by atoms with E-state index >= 15 is 0 Å². The molecule has 0 unspecified atom stereocenters. The van der Waals surface area contributed by atoms with Gasteiger partial charge >= 0.3 is 0 Å². The Morgan fingerprint density at radius 2 is 0.710 bits per heavy atom. The summed E-state index contributed by atoms with van der Waals surface area (Å²) < 4.78 is 31.0. The summed E-state index contributed by atoms with van der Waals surface area (Å²) in [5.74, 6) is 3.29. The van der Waals surface area contributed by atoms with Crippen molar-refractivity contribution in [1.29, 1.82) is 0 Å². The Morgan fingerprint density at radius 3 is 1.03 bits per heavy atom. The van der Waals surface area contributed by atoms with Crippen LogP contribution in [0.5, 0.6) is 28.7 Å². The van der Waals surface area contributed by atoms with Crippen molar-refractivity contribution in [3.63, 3.8) is 0 Å². The summed E-state index contributed by atoms with van der Waals surface area (Å²) in [6.45, 7) is 13.9. The van der Waals surface area contributed by atoms with Gasteiger partial charge in [-0.2, -0.15) is 0 Å². The minimum atomic E-state index is 0.609. The number of rotatable bonds is 20. The monoisotopic (exact) mass is 438 g/mol. The summed E-state index contributed by atoms with van der Waals surface area (Å²) in [6.07, 6.45) is 10.2. The normalized spacial score (nSPS) is 10.7. The molecule has 0 N–H and O–H groups in total. The second-order valence-corrected chi connectivity index (χ2v) is 7.87. The molecule has 1 rings (SSSR count). The van der Waals surface area contributed by atoms with E-state index in [1.165, 1.54) is 0 Å². The second-order valence-electron chi connectivity index (χ2n) is 7.87. The van der Waals surface area contributed by atoms with E-state index in [0.717, 1.165) is 64.2 Å². The predicted molar refractivity (Wildman–Crippen MR) is 128 cm³/mol.